The van der Waals surface area contributed by atoms with Gasteiger partial charge >= 0.3 is 6.03 Å². The summed E-state index contributed by atoms with van der Waals surface area (Å²) in [4.78, 5) is 18.8. The van der Waals surface area contributed by atoms with Gasteiger partial charge in [0.25, 0.3) is 5.89 Å². The van der Waals surface area contributed by atoms with Crippen molar-refractivity contribution in [3.63, 3.8) is 0 Å². The first-order valence-corrected chi connectivity index (χ1v) is 10.9. The summed E-state index contributed by atoms with van der Waals surface area (Å²) in [5, 5.41) is 6.90. The van der Waals surface area contributed by atoms with E-state index < -0.39 is 29.5 Å². The predicted molar refractivity (Wildman–Crippen MR) is 125 cm³/mol. The van der Waals surface area contributed by atoms with E-state index in [1.54, 1.807) is 38.3 Å². The smallest absolute Gasteiger partial charge is 0.327 e. The highest BCUT2D eigenvalue weighted by Gasteiger charge is 2.36. The summed E-state index contributed by atoms with van der Waals surface area (Å²) in [6.45, 7) is 1.63. The van der Waals surface area contributed by atoms with Crippen LogP contribution >= 0.6 is 0 Å². The van der Waals surface area contributed by atoms with Crippen molar-refractivity contribution in [1.29, 1.82) is 0 Å². The molecule has 1 aromatic heterocycles. The Hall–Kier alpha value is -4.60. The highest BCUT2D eigenvalue weighted by Crippen LogP contribution is 2.39. The number of urea groups is 1. The highest BCUT2D eigenvalue weighted by molar-refractivity contribution is 6.01. The maximum atomic E-state index is 14.0. The minimum atomic E-state index is -1.10. The maximum absolute atomic E-state index is 14.0. The molecule has 2 amide bonds. The van der Waals surface area contributed by atoms with Crippen LogP contribution in [0.15, 0.2) is 77.0 Å². The van der Waals surface area contributed by atoms with Gasteiger partial charge in [-0.25, -0.2) is 18.0 Å². The van der Waals surface area contributed by atoms with Crippen molar-refractivity contribution in [2.45, 2.75) is 13.0 Å². The van der Waals surface area contributed by atoms with E-state index >= 15 is 0 Å². The van der Waals surface area contributed by atoms with Gasteiger partial charge in [0.15, 0.2) is 11.6 Å². The summed E-state index contributed by atoms with van der Waals surface area (Å²) in [6.07, 6.45) is 0. The van der Waals surface area contributed by atoms with Gasteiger partial charge in [-0.1, -0.05) is 17.3 Å². The largest absolute Gasteiger partial charge is 0.497 e. The third-order valence-electron chi connectivity index (χ3n) is 5.85. The molecule has 2 heterocycles. The molecular weight excluding hydrogens is 473 g/mol. The number of hydrogen-bond donors (Lipinski definition) is 1. The quantitative estimate of drug-likeness (QED) is 0.377. The Morgan fingerprint density at radius 3 is 2.36 bits per heavy atom. The first-order chi connectivity index (χ1) is 17.4. The molecule has 0 fully saturated rings. The van der Waals surface area contributed by atoms with E-state index in [0.717, 1.165) is 12.1 Å². The topological polar surface area (TPSA) is 80.5 Å². The summed E-state index contributed by atoms with van der Waals surface area (Å²) in [6, 6.07) is 14.4. The number of amides is 2. The third kappa shape index (κ3) is 4.17. The molecule has 10 heteroatoms. The minimum absolute atomic E-state index is 0.0974. The Morgan fingerprint density at radius 2 is 1.69 bits per heavy atom. The number of halogens is 3. The van der Waals surface area contributed by atoms with Crippen LogP contribution < -0.4 is 15.0 Å². The number of nitrogens with one attached hydrogen (secondary N) is 1. The lowest BCUT2D eigenvalue weighted by molar-refractivity contribution is 0.244. The molecule has 1 aliphatic heterocycles. The lowest BCUT2D eigenvalue weighted by Gasteiger charge is -2.35. The molecule has 1 atom stereocenters. The molecule has 4 aromatic rings. The lowest BCUT2D eigenvalue weighted by atomic mass is 9.94. The monoisotopic (exact) mass is 492 g/mol. The minimum Gasteiger partial charge on any atom is -0.497 e. The van der Waals surface area contributed by atoms with E-state index in [2.05, 4.69) is 15.5 Å². The molecule has 1 aliphatic rings. The van der Waals surface area contributed by atoms with Crippen LogP contribution in [0.4, 0.5) is 23.7 Å². The number of carbonyl (C=O) groups is 1. The average molecular weight is 492 g/mol. The number of allylic oxidation sites excluding steroid dienone is 1. The van der Waals surface area contributed by atoms with Crippen molar-refractivity contribution < 1.29 is 27.2 Å². The van der Waals surface area contributed by atoms with Gasteiger partial charge in [0, 0.05) is 17.3 Å². The van der Waals surface area contributed by atoms with Crippen molar-refractivity contribution in [1.82, 2.24) is 15.5 Å². The molecule has 0 radical (unpaired) electrons. The Bertz CT molecular complexity index is 1470. The zero-order valence-corrected chi connectivity index (χ0v) is 19.1. The molecule has 0 aliphatic carbocycles. The molecule has 5 rings (SSSR count). The van der Waals surface area contributed by atoms with E-state index in [-0.39, 0.29) is 11.6 Å². The summed E-state index contributed by atoms with van der Waals surface area (Å²) < 4.78 is 51.9. The fourth-order valence-corrected chi connectivity index (χ4v) is 4.05. The van der Waals surface area contributed by atoms with Gasteiger partial charge in [-0.15, -0.1) is 0 Å². The van der Waals surface area contributed by atoms with Gasteiger partial charge in [0.2, 0.25) is 5.82 Å². The standard InChI is InChI=1S/C26H19F3N4O3/c1-14-22(25-31-24(32-36-25)16-5-10-19(35-2)11-6-16)23(15-3-7-17(27)8-4-15)30-26(34)33(14)18-9-12-20(28)21(29)13-18/h3-13,23H,1-2H3,(H,30,34). The van der Waals surface area contributed by atoms with Gasteiger partial charge in [-0.2, -0.15) is 4.98 Å². The second-order valence-electron chi connectivity index (χ2n) is 8.02. The molecule has 0 spiro atoms. The second kappa shape index (κ2) is 9.21. The number of aromatic nitrogens is 2. The van der Waals surface area contributed by atoms with Gasteiger partial charge in [0.1, 0.15) is 11.6 Å². The molecule has 0 saturated heterocycles. The molecule has 7 nitrogen and oxygen atoms in total. The van der Waals surface area contributed by atoms with Crippen LogP contribution in [0.3, 0.4) is 0 Å². The number of benzene rings is 3. The number of rotatable bonds is 5. The van der Waals surface area contributed by atoms with Gasteiger partial charge < -0.3 is 14.6 Å². The van der Waals surface area contributed by atoms with Crippen molar-refractivity contribution in [2.75, 3.05) is 12.0 Å². The van der Waals surface area contributed by atoms with Gasteiger partial charge in [-0.05, 0) is 61.0 Å². The van der Waals surface area contributed by atoms with Crippen LogP contribution in [0, 0.1) is 17.5 Å². The maximum Gasteiger partial charge on any atom is 0.327 e. The van der Waals surface area contributed by atoms with Gasteiger partial charge in [0.05, 0.1) is 24.4 Å². The molecule has 3 aromatic carbocycles. The highest BCUT2D eigenvalue weighted by atomic mass is 19.2. The number of methoxy groups -OCH3 is 1. The van der Waals surface area contributed by atoms with Crippen LogP contribution in [0.5, 0.6) is 5.75 Å². The molecule has 0 saturated carbocycles. The zero-order valence-electron chi connectivity index (χ0n) is 19.1. The van der Waals surface area contributed by atoms with E-state index in [1.165, 1.54) is 35.2 Å². The third-order valence-corrected chi connectivity index (χ3v) is 5.85. The van der Waals surface area contributed by atoms with E-state index in [9.17, 15) is 18.0 Å². The molecule has 36 heavy (non-hydrogen) atoms. The normalized spacial score (nSPS) is 15.8. The SMILES string of the molecule is COc1ccc(-c2noc(C3=C(C)N(c4ccc(F)c(F)c4)C(=O)NC3c3ccc(F)cc3)n2)cc1. The number of nitrogens with zero attached hydrogens (tertiary/aromatic N) is 3. The number of hydrogen-bond acceptors (Lipinski definition) is 5. The van der Waals surface area contributed by atoms with Crippen molar-refractivity contribution >= 4 is 17.3 Å². The van der Waals surface area contributed by atoms with Crippen molar-refractivity contribution in [3.05, 3.63) is 101 Å². The van der Waals surface area contributed by atoms with Crippen LogP contribution in [-0.4, -0.2) is 23.3 Å². The first kappa shape index (κ1) is 23.2. The fraction of sp³-hybridized carbons (Fsp3) is 0.115. The predicted octanol–water partition coefficient (Wildman–Crippen LogP) is 5.86. The van der Waals surface area contributed by atoms with Crippen molar-refractivity contribution in [3.8, 4) is 17.1 Å². The zero-order chi connectivity index (χ0) is 25.4. The summed E-state index contributed by atoms with van der Waals surface area (Å²) in [7, 11) is 1.56. The Balaban J connectivity index is 1.64. The second-order valence-corrected chi connectivity index (χ2v) is 8.02. The fourth-order valence-electron chi connectivity index (χ4n) is 4.05. The van der Waals surface area contributed by atoms with Crippen LogP contribution in [0.25, 0.3) is 17.0 Å². The Labute approximate surface area is 203 Å². The Kier molecular flexibility index (Phi) is 5.93. The molecule has 0 bridgehead atoms. The van der Waals surface area contributed by atoms with E-state index in [1.807, 2.05) is 0 Å². The van der Waals surface area contributed by atoms with Crippen molar-refractivity contribution in [2.24, 2.45) is 0 Å². The first-order valence-electron chi connectivity index (χ1n) is 10.9. The van der Waals surface area contributed by atoms with Crippen LogP contribution in [0.2, 0.25) is 0 Å². The van der Waals surface area contributed by atoms with Crippen LogP contribution in [0.1, 0.15) is 24.4 Å². The van der Waals surface area contributed by atoms with E-state index in [4.69, 9.17) is 9.26 Å². The summed E-state index contributed by atoms with van der Waals surface area (Å²) in [5.41, 5.74) is 2.10. The van der Waals surface area contributed by atoms with E-state index in [0.29, 0.717) is 34.0 Å². The number of carbonyl (C=O) groups excluding carboxylic acids is 1. The summed E-state index contributed by atoms with van der Waals surface area (Å²) >= 11 is 0. The lowest BCUT2D eigenvalue weighted by Crippen LogP contribution is -2.46. The molecule has 1 unspecified atom stereocenters. The molecule has 182 valence electrons. The molecule has 1 N–H and O–H groups in total. The molecular formula is C26H19F3N4O3. The number of anilines is 1. The summed E-state index contributed by atoms with van der Waals surface area (Å²) in [5.74, 6) is -1.53. The van der Waals surface area contributed by atoms with Crippen LogP contribution in [-0.2, 0) is 0 Å². The average Bonchev–Trinajstić information content (AvgIpc) is 3.36. The number of ether oxygens (including phenoxy) is 1. The Morgan fingerprint density at radius 1 is 0.972 bits per heavy atom. The van der Waals surface area contributed by atoms with Gasteiger partial charge in [-0.3, -0.25) is 4.90 Å².